The van der Waals surface area contributed by atoms with Gasteiger partial charge >= 0.3 is 0 Å². The van der Waals surface area contributed by atoms with Gasteiger partial charge in [0.15, 0.2) is 0 Å². The van der Waals surface area contributed by atoms with Crippen molar-refractivity contribution in [2.45, 2.75) is 96.8 Å². The molecule has 3 heterocycles. The Hall–Kier alpha value is -1.13. The molecule has 0 aromatic rings. The van der Waals surface area contributed by atoms with Crippen LogP contribution in [-0.4, -0.2) is 36.7 Å². The van der Waals surface area contributed by atoms with Gasteiger partial charge in [0.2, 0.25) is 5.91 Å². The number of fused-ring (bicyclic) bond motifs is 6. The number of rotatable bonds is 0. The van der Waals surface area contributed by atoms with Gasteiger partial charge in [-0.15, -0.1) is 0 Å². The summed E-state index contributed by atoms with van der Waals surface area (Å²) in [7, 11) is 0. The number of carbonyl (C=O) groups is 1. The van der Waals surface area contributed by atoms with Crippen molar-refractivity contribution in [2.24, 2.45) is 35.0 Å². The van der Waals surface area contributed by atoms with Crippen LogP contribution in [0.4, 0.5) is 0 Å². The topological polar surface area (TPSA) is 50.4 Å². The Balaban J connectivity index is 1.30. The number of nitrogens with one attached hydrogen (secondary N) is 2. The summed E-state index contributed by atoms with van der Waals surface area (Å²) in [5, 5.41) is 6.95. The van der Waals surface area contributed by atoms with Gasteiger partial charge in [0.05, 0.1) is 11.7 Å². The summed E-state index contributed by atoms with van der Waals surface area (Å²) in [5.41, 5.74) is 5.06. The van der Waals surface area contributed by atoms with Crippen LogP contribution in [0.5, 0.6) is 0 Å². The summed E-state index contributed by atoms with van der Waals surface area (Å²) in [4.78, 5) is 12.2. The third-order valence-electron chi connectivity index (χ3n) is 11.0. The Bertz CT molecular complexity index is 877. The standard InChI is InChI=1S/C28H42N2O2/c1-16-11-24-26(30-15-16)18(3)28(32-24)8-7-20-21-6-5-19-12-25(31)29-10-9-27(19,4)23(21)13-22(20)17(2)14-28/h12,16,18,20-21,23-24,26,30H,5-11,13-15H2,1-4H3,(H,29,31)/t16-,18+,20-,21-,23-,24+,26-,27-,28-/m0/s1. The Kier molecular flexibility index (Phi) is 4.97. The van der Waals surface area contributed by atoms with Crippen molar-refractivity contribution in [3.8, 4) is 0 Å². The number of hydrogen-bond acceptors (Lipinski definition) is 3. The molecule has 32 heavy (non-hydrogen) atoms. The molecular weight excluding hydrogens is 396 g/mol. The van der Waals surface area contributed by atoms with Gasteiger partial charge in [-0.05, 0) is 93.9 Å². The first-order valence-corrected chi connectivity index (χ1v) is 13.4. The molecule has 0 bridgehead atoms. The molecule has 6 rings (SSSR count). The van der Waals surface area contributed by atoms with E-state index in [1.54, 1.807) is 11.1 Å². The Morgan fingerprint density at radius 1 is 1.19 bits per heavy atom. The molecule has 2 N–H and O–H groups in total. The van der Waals surface area contributed by atoms with Crippen LogP contribution in [0.3, 0.4) is 0 Å². The van der Waals surface area contributed by atoms with Gasteiger partial charge in [-0.2, -0.15) is 0 Å². The molecule has 9 atom stereocenters. The van der Waals surface area contributed by atoms with Crippen LogP contribution >= 0.6 is 0 Å². The summed E-state index contributed by atoms with van der Waals surface area (Å²) in [5.74, 6) is 3.64. The maximum atomic E-state index is 12.2. The first-order chi connectivity index (χ1) is 15.3. The highest BCUT2D eigenvalue weighted by Gasteiger charge is 2.58. The lowest BCUT2D eigenvalue weighted by molar-refractivity contribution is -0.116. The molecule has 1 amide bonds. The lowest BCUT2D eigenvalue weighted by Gasteiger charge is -2.46. The average molecular weight is 439 g/mol. The Labute approximate surface area is 194 Å². The lowest BCUT2D eigenvalue weighted by atomic mass is 9.58. The quantitative estimate of drug-likeness (QED) is 0.536. The lowest BCUT2D eigenvalue weighted by Crippen LogP contribution is -2.48. The number of piperidine rings is 1. The molecule has 4 nitrogen and oxygen atoms in total. The second-order valence-corrected chi connectivity index (χ2v) is 12.6. The molecule has 3 aliphatic carbocycles. The molecule has 4 fully saturated rings. The van der Waals surface area contributed by atoms with Gasteiger partial charge in [0, 0.05) is 24.6 Å². The van der Waals surface area contributed by atoms with Crippen molar-refractivity contribution in [2.75, 3.05) is 13.1 Å². The molecule has 0 unspecified atom stereocenters. The zero-order valence-electron chi connectivity index (χ0n) is 20.5. The maximum Gasteiger partial charge on any atom is 0.243 e. The van der Waals surface area contributed by atoms with E-state index in [4.69, 9.17) is 4.74 Å². The van der Waals surface area contributed by atoms with Crippen molar-refractivity contribution in [3.63, 3.8) is 0 Å². The van der Waals surface area contributed by atoms with Gasteiger partial charge in [-0.3, -0.25) is 4.79 Å². The second kappa shape index (κ2) is 7.43. The molecule has 1 spiro atoms. The molecule has 3 aliphatic heterocycles. The summed E-state index contributed by atoms with van der Waals surface area (Å²) in [6.07, 6.45) is 11.9. The van der Waals surface area contributed by atoms with Gasteiger partial charge in [0.25, 0.3) is 0 Å². The minimum absolute atomic E-state index is 0.0333. The van der Waals surface area contributed by atoms with Crippen LogP contribution < -0.4 is 10.6 Å². The fourth-order valence-electron chi connectivity index (χ4n) is 9.13. The number of ether oxygens (including phenoxy) is 1. The van der Waals surface area contributed by atoms with Gasteiger partial charge in [-0.25, -0.2) is 0 Å². The number of allylic oxidation sites excluding steroid dienone is 2. The first-order valence-electron chi connectivity index (χ1n) is 13.4. The van der Waals surface area contributed by atoms with E-state index in [0.717, 1.165) is 50.1 Å². The van der Waals surface area contributed by atoms with Crippen LogP contribution in [0.1, 0.15) is 79.1 Å². The molecule has 0 aromatic carbocycles. The zero-order chi connectivity index (χ0) is 22.3. The smallest absolute Gasteiger partial charge is 0.243 e. The minimum Gasteiger partial charge on any atom is -0.369 e. The predicted octanol–water partition coefficient (Wildman–Crippen LogP) is 4.76. The van der Waals surface area contributed by atoms with Gasteiger partial charge < -0.3 is 15.4 Å². The zero-order valence-corrected chi connectivity index (χ0v) is 20.5. The van der Waals surface area contributed by atoms with Crippen molar-refractivity contribution in [1.82, 2.24) is 10.6 Å². The van der Waals surface area contributed by atoms with Gasteiger partial charge in [0.1, 0.15) is 0 Å². The van der Waals surface area contributed by atoms with Crippen LogP contribution in [-0.2, 0) is 9.53 Å². The summed E-state index contributed by atoms with van der Waals surface area (Å²) in [6, 6.07) is 0.534. The Morgan fingerprint density at radius 3 is 2.88 bits per heavy atom. The summed E-state index contributed by atoms with van der Waals surface area (Å²) >= 11 is 0. The van der Waals surface area contributed by atoms with E-state index in [2.05, 4.69) is 38.3 Å². The van der Waals surface area contributed by atoms with E-state index in [0.29, 0.717) is 24.0 Å². The summed E-state index contributed by atoms with van der Waals surface area (Å²) < 4.78 is 7.01. The monoisotopic (exact) mass is 438 g/mol. The SMILES string of the molecule is CC1=C2C[C@H]3[C@@H](CCC4=CC(=O)NCC[C@@]43C)[C@@H]2CC[C@@]2(C1)O[C@@H]1C[C@H](C)CN[C@H]1[C@H]2C. The minimum atomic E-state index is 0.0333. The summed E-state index contributed by atoms with van der Waals surface area (Å²) in [6.45, 7) is 11.7. The molecule has 176 valence electrons. The van der Waals surface area contributed by atoms with Crippen molar-refractivity contribution in [1.29, 1.82) is 0 Å². The fourth-order valence-corrected chi connectivity index (χ4v) is 9.13. The van der Waals surface area contributed by atoms with E-state index < -0.39 is 0 Å². The maximum absolute atomic E-state index is 12.2. The molecule has 0 aromatic heterocycles. The van der Waals surface area contributed by atoms with Crippen LogP contribution in [0.15, 0.2) is 22.8 Å². The van der Waals surface area contributed by atoms with Crippen LogP contribution in [0.25, 0.3) is 0 Å². The van der Waals surface area contributed by atoms with E-state index in [-0.39, 0.29) is 16.9 Å². The highest BCUT2D eigenvalue weighted by molar-refractivity contribution is 5.88. The van der Waals surface area contributed by atoms with Crippen molar-refractivity contribution < 1.29 is 9.53 Å². The van der Waals surface area contributed by atoms with E-state index in [1.807, 2.05) is 6.08 Å². The second-order valence-electron chi connectivity index (χ2n) is 12.6. The van der Waals surface area contributed by atoms with Crippen molar-refractivity contribution in [3.05, 3.63) is 22.8 Å². The van der Waals surface area contributed by atoms with E-state index in [1.165, 1.54) is 37.7 Å². The molecule has 2 saturated heterocycles. The highest BCUT2D eigenvalue weighted by Crippen LogP contribution is 2.63. The fraction of sp³-hybridized carbons (Fsp3) is 0.821. The molecule has 2 saturated carbocycles. The largest absolute Gasteiger partial charge is 0.369 e. The third kappa shape index (κ3) is 3.04. The number of amides is 1. The molecule has 0 radical (unpaired) electrons. The predicted molar refractivity (Wildman–Crippen MR) is 127 cm³/mol. The normalized spacial score (nSPS) is 50.6. The van der Waals surface area contributed by atoms with E-state index in [9.17, 15) is 4.79 Å². The number of carbonyl (C=O) groups excluding carboxylic acids is 1. The average Bonchev–Trinajstić information content (AvgIpc) is 3.14. The van der Waals surface area contributed by atoms with Gasteiger partial charge in [-0.1, -0.05) is 37.5 Å². The molecule has 6 aliphatic rings. The van der Waals surface area contributed by atoms with Crippen LogP contribution in [0, 0.1) is 35.0 Å². The molecule has 4 heteroatoms. The van der Waals surface area contributed by atoms with E-state index >= 15 is 0 Å². The first kappa shape index (κ1) is 21.4. The van der Waals surface area contributed by atoms with Crippen molar-refractivity contribution >= 4 is 5.91 Å². The third-order valence-corrected chi connectivity index (χ3v) is 11.0. The van der Waals surface area contributed by atoms with Crippen LogP contribution in [0.2, 0.25) is 0 Å². The highest BCUT2D eigenvalue weighted by atomic mass is 16.5. The molecular formula is C28H42N2O2. The number of hydrogen-bond donors (Lipinski definition) is 2. The Morgan fingerprint density at radius 2 is 2.03 bits per heavy atom.